The largest absolute Gasteiger partial charge is 0.497 e. The normalized spacial score (nSPS) is 18.1. The second-order valence-corrected chi connectivity index (χ2v) is 9.60. The number of benzene rings is 2. The molecule has 2 aliphatic rings. The van der Waals surface area contributed by atoms with Gasteiger partial charge in [-0.2, -0.15) is 0 Å². The minimum atomic E-state index is -0.754. The minimum Gasteiger partial charge on any atom is -0.497 e. The van der Waals surface area contributed by atoms with Gasteiger partial charge in [-0.15, -0.1) is 0 Å². The quantitative estimate of drug-likeness (QED) is 0.518. The van der Waals surface area contributed by atoms with Crippen LogP contribution in [0.4, 0.5) is 4.79 Å². The van der Waals surface area contributed by atoms with Crippen LogP contribution in [-0.2, 0) is 9.53 Å². The van der Waals surface area contributed by atoms with E-state index in [1.807, 2.05) is 36.1 Å². The highest BCUT2D eigenvalue weighted by atomic mass is 16.5. The van der Waals surface area contributed by atoms with E-state index in [1.54, 1.807) is 46.4 Å². The molecule has 2 heterocycles. The first-order chi connectivity index (χ1) is 18.7. The number of carbonyl (C=O) groups is 3. The number of hydrogen-bond donors (Lipinski definition) is 1. The molecule has 1 fully saturated rings. The molecule has 0 radical (unpaired) electrons. The summed E-state index contributed by atoms with van der Waals surface area (Å²) >= 11 is 0. The van der Waals surface area contributed by atoms with E-state index in [9.17, 15) is 14.4 Å². The number of methoxy groups -OCH3 is 2. The van der Waals surface area contributed by atoms with Crippen molar-refractivity contribution in [3.05, 3.63) is 70.4 Å². The third-order valence-corrected chi connectivity index (χ3v) is 7.11. The summed E-state index contributed by atoms with van der Waals surface area (Å²) in [5.41, 5.74) is 3.33. The van der Waals surface area contributed by atoms with Crippen molar-refractivity contribution in [2.24, 2.45) is 0 Å². The smallest absolute Gasteiger partial charge is 0.338 e. The Hall–Kier alpha value is -4.05. The van der Waals surface area contributed by atoms with Crippen LogP contribution in [0.15, 0.2) is 53.7 Å². The zero-order valence-electron chi connectivity index (χ0n) is 23.2. The van der Waals surface area contributed by atoms with Gasteiger partial charge in [-0.3, -0.25) is 14.6 Å². The summed E-state index contributed by atoms with van der Waals surface area (Å²) in [5, 5.41) is 2.93. The number of carbonyl (C=O) groups excluding carboxylic acids is 3. The average Bonchev–Trinajstić information content (AvgIpc) is 2.95. The first-order valence-electron chi connectivity index (χ1n) is 13.0. The maximum absolute atomic E-state index is 13.3. The molecule has 4 rings (SSSR count). The summed E-state index contributed by atoms with van der Waals surface area (Å²) in [4.78, 5) is 44.8. The molecule has 3 amide bonds. The summed E-state index contributed by atoms with van der Waals surface area (Å²) in [5.74, 6) is 0.579. The van der Waals surface area contributed by atoms with Crippen LogP contribution in [0.25, 0.3) is 0 Å². The lowest BCUT2D eigenvalue weighted by molar-refractivity contribution is -0.139. The summed E-state index contributed by atoms with van der Waals surface area (Å²) in [6.07, 6.45) is 0. The molecule has 39 heavy (non-hydrogen) atoms. The first-order valence-corrected chi connectivity index (χ1v) is 13.0. The van der Waals surface area contributed by atoms with E-state index in [0.29, 0.717) is 66.6 Å². The Labute approximate surface area is 229 Å². The summed E-state index contributed by atoms with van der Waals surface area (Å²) in [7, 11) is 4.73. The van der Waals surface area contributed by atoms with Crippen LogP contribution in [0, 0.1) is 6.92 Å². The molecule has 2 aliphatic heterocycles. The van der Waals surface area contributed by atoms with Crippen molar-refractivity contribution in [2.45, 2.75) is 19.9 Å². The lowest BCUT2D eigenvalue weighted by Gasteiger charge is -2.39. The lowest BCUT2D eigenvalue weighted by atomic mass is 9.93. The number of piperazine rings is 1. The van der Waals surface area contributed by atoms with Crippen LogP contribution in [0.5, 0.6) is 11.5 Å². The fraction of sp³-hybridized carbons (Fsp3) is 0.414. The standard InChI is InChI=1S/C29H36N4O6/c1-6-39-28(35)25-24(18-32-11-13-33(14-12-32)27(34)20-9-7-19(2)8-10-20)31(3)29(36)30-26(25)21-15-22(37-4)17-23(16-21)38-5/h7-10,15-17,26H,6,11-14,18H2,1-5H3,(H,30,36)/t26-/m0/s1. The Kier molecular flexibility index (Phi) is 8.75. The van der Waals surface area contributed by atoms with Gasteiger partial charge in [0, 0.05) is 57.1 Å². The number of nitrogens with one attached hydrogen (secondary N) is 1. The van der Waals surface area contributed by atoms with Crippen LogP contribution in [0.1, 0.15) is 34.5 Å². The summed E-state index contributed by atoms with van der Waals surface area (Å²) in [6, 6.07) is 11.8. The monoisotopic (exact) mass is 536 g/mol. The number of aryl methyl sites for hydroxylation is 1. The molecule has 0 aromatic heterocycles. The molecule has 2 aromatic rings. The molecule has 2 aromatic carbocycles. The van der Waals surface area contributed by atoms with Crippen molar-refractivity contribution in [3.63, 3.8) is 0 Å². The van der Waals surface area contributed by atoms with E-state index in [2.05, 4.69) is 10.2 Å². The van der Waals surface area contributed by atoms with E-state index >= 15 is 0 Å². The van der Waals surface area contributed by atoms with Crippen LogP contribution >= 0.6 is 0 Å². The lowest BCUT2D eigenvalue weighted by Crippen LogP contribution is -2.53. The SMILES string of the molecule is CCOC(=O)C1=C(CN2CCN(C(=O)c3ccc(C)cc3)CC2)N(C)C(=O)N[C@H]1c1cc(OC)cc(OC)c1. The van der Waals surface area contributed by atoms with Gasteiger partial charge in [0.05, 0.1) is 32.4 Å². The van der Waals surface area contributed by atoms with Crippen molar-refractivity contribution >= 4 is 17.9 Å². The molecule has 0 bridgehead atoms. The van der Waals surface area contributed by atoms with E-state index in [-0.39, 0.29) is 18.5 Å². The van der Waals surface area contributed by atoms with Gasteiger partial charge in [0.1, 0.15) is 11.5 Å². The third-order valence-electron chi connectivity index (χ3n) is 7.11. The number of ether oxygens (including phenoxy) is 3. The topological polar surface area (TPSA) is 101 Å². The molecule has 1 saturated heterocycles. The molecule has 0 aliphatic carbocycles. The number of likely N-dealkylation sites (N-methyl/N-ethyl adjacent to an activating group) is 1. The minimum absolute atomic E-state index is 0.00211. The summed E-state index contributed by atoms with van der Waals surface area (Å²) in [6.45, 7) is 6.57. The van der Waals surface area contributed by atoms with Crippen LogP contribution in [-0.4, -0.2) is 93.2 Å². The molecule has 0 spiro atoms. The fourth-order valence-electron chi connectivity index (χ4n) is 4.84. The van der Waals surface area contributed by atoms with Crippen molar-refractivity contribution in [1.29, 1.82) is 0 Å². The molecule has 0 unspecified atom stereocenters. The average molecular weight is 537 g/mol. The van der Waals surface area contributed by atoms with E-state index in [0.717, 1.165) is 5.56 Å². The number of nitrogens with zero attached hydrogens (tertiary/aromatic N) is 3. The highest BCUT2D eigenvalue weighted by Gasteiger charge is 2.38. The highest BCUT2D eigenvalue weighted by Crippen LogP contribution is 2.35. The van der Waals surface area contributed by atoms with Gasteiger partial charge in [0.2, 0.25) is 0 Å². The predicted molar refractivity (Wildman–Crippen MR) is 146 cm³/mol. The van der Waals surface area contributed by atoms with Crippen molar-refractivity contribution in [1.82, 2.24) is 20.0 Å². The molecule has 1 N–H and O–H groups in total. The predicted octanol–water partition coefficient (Wildman–Crippen LogP) is 2.98. The highest BCUT2D eigenvalue weighted by molar-refractivity contribution is 5.95. The van der Waals surface area contributed by atoms with Crippen molar-refractivity contribution < 1.29 is 28.6 Å². The maximum Gasteiger partial charge on any atom is 0.338 e. The Morgan fingerprint density at radius 2 is 1.59 bits per heavy atom. The maximum atomic E-state index is 13.3. The number of esters is 1. The first kappa shape index (κ1) is 28.0. The zero-order valence-corrected chi connectivity index (χ0v) is 23.2. The molecular weight excluding hydrogens is 500 g/mol. The Morgan fingerprint density at radius 1 is 0.974 bits per heavy atom. The Morgan fingerprint density at radius 3 is 2.15 bits per heavy atom. The van der Waals surface area contributed by atoms with Gasteiger partial charge < -0.3 is 24.4 Å². The van der Waals surface area contributed by atoms with Gasteiger partial charge in [-0.1, -0.05) is 17.7 Å². The second-order valence-electron chi connectivity index (χ2n) is 9.60. The van der Waals surface area contributed by atoms with E-state index in [4.69, 9.17) is 14.2 Å². The van der Waals surface area contributed by atoms with Gasteiger partial charge in [-0.25, -0.2) is 9.59 Å². The van der Waals surface area contributed by atoms with E-state index < -0.39 is 12.0 Å². The van der Waals surface area contributed by atoms with Gasteiger partial charge >= 0.3 is 12.0 Å². The summed E-state index contributed by atoms with van der Waals surface area (Å²) < 4.78 is 16.3. The van der Waals surface area contributed by atoms with Crippen LogP contribution in [0.2, 0.25) is 0 Å². The van der Waals surface area contributed by atoms with Crippen LogP contribution in [0.3, 0.4) is 0 Å². The molecule has 208 valence electrons. The van der Waals surface area contributed by atoms with Crippen molar-refractivity contribution in [2.75, 3.05) is 60.6 Å². The number of urea groups is 1. The fourth-order valence-corrected chi connectivity index (χ4v) is 4.84. The van der Waals surface area contributed by atoms with Gasteiger partial charge in [0.25, 0.3) is 5.91 Å². The second kappa shape index (κ2) is 12.2. The molecule has 10 nitrogen and oxygen atoms in total. The molecule has 0 saturated carbocycles. The number of rotatable bonds is 8. The van der Waals surface area contributed by atoms with Crippen molar-refractivity contribution in [3.8, 4) is 11.5 Å². The molecule has 1 atom stereocenters. The molecular formula is C29H36N4O6. The number of amides is 3. The van der Waals surface area contributed by atoms with Gasteiger partial charge in [-0.05, 0) is 43.7 Å². The van der Waals surface area contributed by atoms with E-state index in [1.165, 1.54) is 4.90 Å². The third kappa shape index (κ3) is 6.17. The number of hydrogen-bond acceptors (Lipinski definition) is 7. The Bertz CT molecular complexity index is 1230. The Balaban J connectivity index is 1.60. The van der Waals surface area contributed by atoms with Crippen LogP contribution < -0.4 is 14.8 Å². The van der Waals surface area contributed by atoms with Gasteiger partial charge in [0.15, 0.2) is 0 Å². The molecule has 10 heteroatoms. The zero-order chi connectivity index (χ0) is 28.1.